The molecule has 0 aliphatic carbocycles. The van der Waals surface area contributed by atoms with E-state index in [2.05, 4.69) is 22.1 Å². The number of aliphatic imine (C=N–C) groups is 1. The second-order valence-corrected chi connectivity index (χ2v) is 5.71. The lowest BCUT2D eigenvalue weighted by Crippen LogP contribution is -2.42. The first-order valence-electron chi connectivity index (χ1n) is 7.56. The molecule has 0 aromatic heterocycles. The van der Waals surface area contributed by atoms with Crippen molar-refractivity contribution in [1.82, 2.24) is 15.1 Å². The first-order valence-corrected chi connectivity index (χ1v) is 7.56. The zero-order valence-corrected chi connectivity index (χ0v) is 15.9. The minimum absolute atomic E-state index is 0. The number of halogens is 4. The molecule has 1 unspecified atom stereocenters. The van der Waals surface area contributed by atoms with Gasteiger partial charge in [0.1, 0.15) is 0 Å². The van der Waals surface area contributed by atoms with E-state index in [-0.39, 0.29) is 29.9 Å². The predicted molar refractivity (Wildman–Crippen MR) is 94.9 cm³/mol. The Morgan fingerprint density at radius 3 is 2.64 bits per heavy atom. The molecule has 0 radical (unpaired) electrons. The molecule has 132 valence electrons. The van der Waals surface area contributed by atoms with Crippen molar-refractivity contribution >= 4 is 29.9 Å². The molecule has 8 heteroatoms. The number of hydrogen-bond donors (Lipinski definition) is 1. The highest BCUT2D eigenvalue weighted by Crippen LogP contribution is 2.22. The molecule has 0 aromatic carbocycles. The Balaban J connectivity index is 0.00000441. The summed E-state index contributed by atoms with van der Waals surface area (Å²) in [5.41, 5.74) is 0. The number of nitrogens with one attached hydrogen (secondary N) is 1. The molecule has 1 aliphatic rings. The molecular weight excluding hydrogens is 408 g/mol. The number of alkyl halides is 3. The number of rotatable bonds is 6. The fourth-order valence-electron chi connectivity index (χ4n) is 2.60. The molecule has 1 fully saturated rings. The highest BCUT2D eigenvalue weighted by Gasteiger charge is 2.34. The normalized spacial score (nSPS) is 19.9. The lowest BCUT2D eigenvalue weighted by atomic mass is 10.1. The Morgan fingerprint density at radius 1 is 1.41 bits per heavy atom. The summed E-state index contributed by atoms with van der Waals surface area (Å²) < 4.78 is 37.0. The molecule has 0 amide bonds. The van der Waals surface area contributed by atoms with Crippen molar-refractivity contribution in [3.05, 3.63) is 0 Å². The second-order valence-electron chi connectivity index (χ2n) is 5.71. The largest absolute Gasteiger partial charge is 0.401 e. The van der Waals surface area contributed by atoms with Gasteiger partial charge in [0.05, 0.1) is 6.54 Å². The van der Waals surface area contributed by atoms with Crippen molar-refractivity contribution in [3.8, 4) is 0 Å². The van der Waals surface area contributed by atoms with Gasteiger partial charge in [0.15, 0.2) is 5.96 Å². The van der Waals surface area contributed by atoms with Crippen molar-refractivity contribution < 1.29 is 13.2 Å². The van der Waals surface area contributed by atoms with E-state index in [1.165, 1.54) is 4.90 Å². The highest BCUT2D eigenvalue weighted by atomic mass is 127. The summed E-state index contributed by atoms with van der Waals surface area (Å²) in [6.07, 6.45) is -1.08. The highest BCUT2D eigenvalue weighted by molar-refractivity contribution is 14.0. The Hall–Kier alpha value is -0.250. The third-order valence-corrected chi connectivity index (χ3v) is 3.74. The Labute approximate surface area is 148 Å². The van der Waals surface area contributed by atoms with Gasteiger partial charge in [-0.15, -0.1) is 24.0 Å². The van der Waals surface area contributed by atoms with Crippen LogP contribution in [0.1, 0.15) is 26.2 Å². The van der Waals surface area contributed by atoms with Crippen LogP contribution in [-0.4, -0.2) is 68.8 Å². The van der Waals surface area contributed by atoms with E-state index in [9.17, 15) is 13.2 Å². The van der Waals surface area contributed by atoms with Crippen LogP contribution in [0.3, 0.4) is 0 Å². The number of likely N-dealkylation sites (tertiary alicyclic amines) is 1. The van der Waals surface area contributed by atoms with Crippen LogP contribution in [0, 0.1) is 5.92 Å². The van der Waals surface area contributed by atoms with Gasteiger partial charge >= 0.3 is 6.18 Å². The SMILES string of the molecule is CCCCN(C)C(=NC)NCC1CCN(CC(F)(F)F)C1.I. The van der Waals surface area contributed by atoms with E-state index >= 15 is 0 Å². The van der Waals surface area contributed by atoms with Gasteiger partial charge in [-0.1, -0.05) is 13.3 Å². The van der Waals surface area contributed by atoms with E-state index in [1.807, 2.05) is 7.05 Å². The zero-order valence-electron chi connectivity index (χ0n) is 13.6. The van der Waals surface area contributed by atoms with Crippen molar-refractivity contribution in [2.24, 2.45) is 10.9 Å². The van der Waals surface area contributed by atoms with Crippen molar-refractivity contribution in [1.29, 1.82) is 0 Å². The average molecular weight is 436 g/mol. The molecule has 1 saturated heterocycles. The molecule has 1 atom stereocenters. The second kappa shape index (κ2) is 10.5. The first kappa shape index (κ1) is 21.8. The van der Waals surface area contributed by atoms with Crippen LogP contribution in [0.2, 0.25) is 0 Å². The van der Waals surface area contributed by atoms with Gasteiger partial charge < -0.3 is 10.2 Å². The fourth-order valence-corrected chi connectivity index (χ4v) is 2.60. The molecule has 1 heterocycles. The lowest BCUT2D eigenvalue weighted by Gasteiger charge is -2.23. The molecule has 1 rings (SSSR count). The minimum atomic E-state index is -4.10. The first-order chi connectivity index (χ1) is 9.85. The monoisotopic (exact) mass is 436 g/mol. The van der Waals surface area contributed by atoms with Crippen LogP contribution in [-0.2, 0) is 0 Å². The van der Waals surface area contributed by atoms with Crippen molar-refractivity contribution in [3.63, 3.8) is 0 Å². The maximum atomic E-state index is 12.3. The maximum Gasteiger partial charge on any atom is 0.401 e. The van der Waals surface area contributed by atoms with Gasteiger partial charge in [0.2, 0.25) is 0 Å². The van der Waals surface area contributed by atoms with Crippen LogP contribution in [0.15, 0.2) is 4.99 Å². The van der Waals surface area contributed by atoms with Crippen LogP contribution in [0.25, 0.3) is 0 Å². The number of nitrogens with zero attached hydrogens (tertiary/aromatic N) is 3. The third kappa shape index (κ3) is 8.40. The maximum absolute atomic E-state index is 12.3. The number of hydrogen-bond acceptors (Lipinski definition) is 2. The van der Waals surface area contributed by atoms with E-state index in [0.29, 0.717) is 19.6 Å². The van der Waals surface area contributed by atoms with Gasteiger partial charge in [0, 0.05) is 33.7 Å². The van der Waals surface area contributed by atoms with Crippen LogP contribution in [0.5, 0.6) is 0 Å². The molecule has 22 heavy (non-hydrogen) atoms. The smallest absolute Gasteiger partial charge is 0.356 e. The fraction of sp³-hybridized carbons (Fsp3) is 0.929. The molecule has 0 bridgehead atoms. The summed E-state index contributed by atoms with van der Waals surface area (Å²) in [6, 6.07) is 0. The van der Waals surface area contributed by atoms with Crippen LogP contribution >= 0.6 is 24.0 Å². The van der Waals surface area contributed by atoms with E-state index in [1.54, 1.807) is 7.05 Å². The summed E-state index contributed by atoms with van der Waals surface area (Å²) in [4.78, 5) is 7.76. The van der Waals surface area contributed by atoms with Gasteiger partial charge in [-0.05, 0) is 25.3 Å². The van der Waals surface area contributed by atoms with Gasteiger partial charge in [-0.25, -0.2) is 0 Å². The molecule has 4 nitrogen and oxygen atoms in total. The van der Waals surface area contributed by atoms with E-state index < -0.39 is 12.7 Å². The van der Waals surface area contributed by atoms with Gasteiger partial charge in [-0.3, -0.25) is 9.89 Å². The summed E-state index contributed by atoms with van der Waals surface area (Å²) in [5, 5.41) is 3.27. The number of guanidine groups is 1. The summed E-state index contributed by atoms with van der Waals surface area (Å²) >= 11 is 0. The quantitative estimate of drug-likeness (QED) is 0.395. The molecular formula is C14H28F3IN4. The minimum Gasteiger partial charge on any atom is -0.356 e. The number of unbranched alkanes of at least 4 members (excludes halogenated alkanes) is 1. The van der Waals surface area contributed by atoms with Gasteiger partial charge in [-0.2, -0.15) is 13.2 Å². The summed E-state index contributed by atoms with van der Waals surface area (Å²) in [6.45, 7) is 3.98. The van der Waals surface area contributed by atoms with Crippen molar-refractivity contribution in [2.75, 3.05) is 46.8 Å². The average Bonchev–Trinajstić information content (AvgIpc) is 2.82. The standard InChI is InChI=1S/C14H27F3N4.HI/c1-4-5-7-20(3)13(18-2)19-9-12-6-8-21(10-12)11-14(15,16)17;/h12H,4-11H2,1-3H3,(H,18,19);1H. The third-order valence-electron chi connectivity index (χ3n) is 3.74. The zero-order chi connectivity index (χ0) is 15.9. The lowest BCUT2D eigenvalue weighted by molar-refractivity contribution is -0.143. The van der Waals surface area contributed by atoms with E-state index in [0.717, 1.165) is 31.8 Å². The van der Waals surface area contributed by atoms with E-state index in [4.69, 9.17) is 0 Å². The molecule has 0 aromatic rings. The van der Waals surface area contributed by atoms with Gasteiger partial charge in [0.25, 0.3) is 0 Å². The molecule has 0 saturated carbocycles. The molecule has 0 spiro atoms. The summed E-state index contributed by atoms with van der Waals surface area (Å²) in [7, 11) is 3.71. The topological polar surface area (TPSA) is 30.9 Å². The van der Waals surface area contributed by atoms with Crippen LogP contribution in [0.4, 0.5) is 13.2 Å². The Morgan fingerprint density at radius 2 is 2.09 bits per heavy atom. The van der Waals surface area contributed by atoms with Crippen LogP contribution < -0.4 is 5.32 Å². The molecule has 1 aliphatic heterocycles. The van der Waals surface area contributed by atoms with Crippen molar-refractivity contribution in [2.45, 2.75) is 32.4 Å². The predicted octanol–water partition coefficient (Wildman–Crippen LogP) is 2.80. The Kier molecular flexibility index (Phi) is 10.4. The summed E-state index contributed by atoms with van der Waals surface area (Å²) in [5.74, 6) is 1.07. The molecule has 1 N–H and O–H groups in total. The Bertz CT molecular complexity index is 337.